The van der Waals surface area contributed by atoms with E-state index in [2.05, 4.69) is 5.32 Å². The summed E-state index contributed by atoms with van der Waals surface area (Å²) < 4.78 is 10.1. The number of carbonyl (C=O) groups excluding carboxylic acids is 2. The lowest BCUT2D eigenvalue weighted by atomic mass is 10.1. The Kier molecular flexibility index (Phi) is 10.4. The topological polar surface area (TPSA) is 163 Å². The summed E-state index contributed by atoms with van der Waals surface area (Å²) in [4.78, 5) is 46.5. The Morgan fingerprint density at radius 1 is 1.00 bits per heavy atom. The highest BCUT2D eigenvalue weighted by Crippen LogP contribution is 2.20. The molecule has 196 valence electrons. The fourth-order valence-electron chi connectivity index (χ4n) is 3.08. The van der Waals surface area contributed by atoms with E-state index in [0.29, 0.717) is 18.5 Å². The van der Waals surface area contributed by atoms with Gasteiger partial charge in [0.25, 0.3) is 0 Å². The Bertz CT molecular complexity index is 886. The average Bonchev–Trinajstić information content (AvgIpc) is 3.17. The Morgan fingerprint density at radius 3 is 2.00 bits per heavy atom. The first-order valence-electron chi connectivity index (χ1n) is 11.2. The number of amides is 2. The van der Waals surface area contributed by atoms with Crippen LogP contribution in [0.4, 0.5) is 9.59 Å². The van der Waals surface area contributed by atoms with Crippen LogP contribution < -0.4 is 5.32 Å². The molecule has 1 unspecified atom stereocenters. The molecule has 0 spiro atoms. The number of hydrogen-bond donors (Lipinski definition) is 4. The van der Waals surface area contributed by atoms with Crippen LogP contribution in [0, 0.1) is 0 Å². The molecule has 1 aromatic rings. The number of hydrogen-bond acceptors (Lipinski definition) is 7. The van der Waals surface area contributed by atoms with Gasteiger partial charge >= 0.3 is 24.1 Å². The molecule has 1 saturated heterocycles. The number of aromatic hydroxyl groups is 1. The molecule has 0 saturated carbocycles. The third-order valence-corrected chi connectivity index (χ3v) is 4.53. The summed E-state index contributed by atoms with van der Waals surface area (Å²) in [6.45, 7) is 10.8. The number of carbonyl (C=O) groups is 4. The summed E-state index contributed by atoms with van der Waals surface area (Å²) in [5.41, 5.74) is -0.583. The van der Waals surface area contributed by atoms with Crippen LogP contribution in [0.15, 0.2) is 24.3 Å². The largest absolute Gasteiger partial charge is 0.508 e. The summed E-state index contributed by atoms with van der Waals surface area (Å²) >= 11 is 0. The minimum Gasteiger partial charge on any atom is -0.508 e. The summed E-state index contributed by atoms with van der Waals surface area (Å²) in [6, 6.07) is 4.31. The number of rotatable bonds is 5. The van der Waals surface area contributed by atoms with Crippen molar-refractivity contribution in [3.05, 3.63) is 29.8 Å². The Morgan fingerprint density at radius 2 is 1.54 bits per heavy atom. The Balaban J connectivity index is 0.000000365. The predicted molar refractivity (Wildman–Crippen MR) is 126 cm³/mol. The van der Waals surface area contributed by atoms with Gasteiger partial charge in [-0.05, 0) is 72.1 Å². The van der Waals surface area contributed by atoms with Crippen molar-refractivity contribution in [3.63, 3.8) is 0 Å². The fourth-order valence-corrected chi connectivity index (χ4v) is 3.08. The van der Waals surface area contributed by atoms with Gasteiger partial charge in [0.2, 0.25) is 0 Å². The zero-order valence-corrected chi connectivity index (χ0v) is 21.0. The van der Waals surface area contributed by atoms with Crippen molar-refractivity contribution >= 4 is 24.1 Å². The maximum absolute atomic E-state index is 11.6. The maximum Gasteiger partial charge on any atom is 0.411 e. The first-order chi connectivity index (χ1) is 16.0. The first kappa shape index (κ1) is 29.5. The van der Waals surface area contributed by atoms with E-state index in [0.717, 1.165) is 6.42 Å². The predicted octanol–water partition coefficient (Wildman–Crippen LogP) is 3.38. The van der Waals surface area contributed by atoms with Gasteiger partial charge in [0, 0.05) is 13.0 Å². The maximum atomic E-state index is 11.6. The van der Waals surface area contributed by atoms with Gasteiger partial charge < -0.3 is 30.1 Å². The van der Waals surface area contributed by atoms with E-state index in [1.54, 1.807) is 53.7 Å². The van der Waals surface area contributed by atoms with E-state index in [9.17, 15) is 19.2 Å². The number of alkyl carbamates (subject to hydrolysis) is 1. The van der Waals surface area contributed by atoms with Crippen molar-refractivity contribution in [1.82, 2.24) is 10.2 Å². The number of phenolic OH excluding ortho intramolecular Hbond substituents is 1. The van der Waals surface area contributed by atoms with Gasteiger partial charge in [-0.2, -0.15) is 0 Å². The van der Waals surface area contributed by atoms with Crippen LogP contribution in [0.5, 0.6) is 5.75 Å². The van der Waals surface area contributed by atoms with Crippen LogP contribution in [0.2, 0.25) is 0 Å². The number of aliphatic carboxylic acids is 2. The summed E-state index contributed by atoms with van der Waals surface area (Å²) in [6.07, 6.45) is 0.0238. The van der Waals surface area contributed by atoms with Crippen molar-refractivity contribution in [1.29, 1.82) is 0 Å². The van der Waals surface area contributed by atoms with Gasteiger partial charge in [0.05, 0.1) is 0 Å². The fraction of sp³-hybridized carbons (Fsp3) is 0.583. The molecule has 0 aliphatic carbocycles. The Hall–Kier alpha value is -3.50. The number of nitrogens with zero attached hydrogens (tertiary/aromatic N) is 1. The molecule has 2 amide bonds. The van der Waals surface area contributed by atoms with Gasteiger partial charge in [-0.25, -0.2) is 19.2 Å². The van der Waals surface area contributed by atoms with Crippen LogP contribution in [-0.2, 0) is 25.5 Å². The molecule has 4 N–H and O–H groups in total. The van der Waals surface area contributed by atoms with E-state index < -0.39 is 47.4 Å². The quantitative estimate of drug-likeness (QED) is 0.478. The molecule has 0 aromatic heterocycles. The molecule has 0 bridgehead atoms. The molecule has 1 fully saturated rings. The first-order valence-corrected chi connectivity index (χ1v) is 11.2. The molecule has 0 radical (unpaired) electrons. The second-order valence-electron chi connectivity index (χ2n) is 10.1. The van der Waals surface area contributed by atoms with E-state index in [-0.39, 0.29) is 12.2 Å². The molecule has 1 aliphatic rings. The molecule has 1 aliphatic heterocycles. The third-order valence-electron chi connectivity index (χ3n) is 4.53. The number of carboxylic acids is 2. The smallest absolute Gasteiger partial charge is 0.411 e. The minimum atomic E-state index is -1.15. The van der Waals surface area contributed by atoms with Crippen molar-refractivity contribution in [2.45, 2.75) is 84.1 Å². The van der Waals surface area contributed by atoms with Gasteiger partial charge in [-0.3, -0.25) is 4.90 Å². The summed E-state index contributed by atoms with van der Waals surface area (Å²) in [5.74, 6) is -2.01. The van der Waals surface area contributed by atoms with Crippen LogP contribution in [0.3, 0.4) is 0 Å². The van der Waals surface area contributed by atoms with Gasteiger partial charge in [-0.1, -0.05) is 12.1 Å². The SMILES string of the molecule is CC(C)(C)OC(=O)N1CCC[C@H]1C(=O)O.CC(C)(C)OC(=O)NC(Cc1ccc(O)cc1)C(=O)O. The van der Waals surface area contributed by atoms with Crippen molar-refractivity contribution in [2.75, 3.05) is 6.54 Å². The Labute approximate surface area is 205 Å². The average molecular weight is 497 g/mol. The number of phenols is 1. The van der Waals surface area contributed by atoms with Crippen molar-refractivity contribution in [3.8, 4) is 5.75 Å². The molecule has 2 rings (SSSR count). The highest BCUT2D eigenvalue weighted by molar-refractivity contribution is 5.81. The number of nitrogens with one attached hydrogen (secondary N) is 1. The second-order valence-corrected chi connectivity index (χ2v) is 10.1. The van der Waals surface area contributed by atoms with E-state index in [1.165, 1.54) is 17.0 Å². The molecule has 35 heavy (non-hydrogen) atoms. The molecule has 2 atom stereocenters. The van der Waals surface area contributed by atoms with Gasteiger partial charge in [0.15, 0.2) is 0 Å². The number of carboxylic acid groups (broad SMARTS) is 2. The highest BCUT2D eigenvalue weighted by atomic mass is 16.6. The van der Waals surface area contributed by atoms with Crippen LogP contribution in [0.25, 0.3) is 0 Å². The zero-order chi connectivity index (χ0) is 27.0. The normalized spacial score (nSPS) is 16.4. The van der Waals surface area contributed by atoms with Crippen LogP contribution >= 0.6 is 0 Å². The molecule has 1 heterocycles. The summed E-state index contributed by atoms with van der Waals surface area (Å²) in [7, 11) is 0. The third kappa shape index (κ3) is 11.5. The standard InChI is InChI=1S/C14H19NO5.C10H17NO4/c1-14(2,3)20-13(19)15-11(12(17)18)8-9-4-6-10(16)7-5-9;1-10(2,3)15-9(14)11-6-4-5-7(11)8(12)13/h4-7,11,16H,8H2,1-3H3,(H,15,19)(H,17,18);7H,4-6H2,1-3H3,(H,12,13)/t;7-/m.0/s1. The summed E-state index contributed by atoms with van der Waals surface area (Å²) in [5, 5.41) is 29.5. The van der Waals surface area contributed by atoms with E-state index >= 15 is 0 Å². The van der Waals surface area contributed by atoms with Crippen molar-refractivity contribution in [2.24, 2.45) is 0 Å². The number of benzene rings is 1. The van der Waals surface area contributed by atoms with E-state index in [4.69, 9.17) is 24.8 Å². The van der Waals surface area contributed by atoms with Crippen LogP contribution in [0.1, 0.15) is 59.9 Å². The van der Waals surface area contributed by atoms with Gasteiger partial charge in [0.1, 0.15) is 29.0 Å². The van der Waals surface area contributed by atoms with Crippen molar-refractivity contribution < 1.29 is 44.0 Å². The second kappa shape index (κ2) is 12.3. The number of likely N-dealkylation sites (tertiary alicyclic amines) is 1. The lowest BCUT2D eigenvalue weighted by molar-refractivity contribution is -0.142. The van der Waals surface area contributed by atoms with Gasteiger partial charge in [-0.15, -0.1) is 0 Å². The molecular formula is C24H36N2O9. The highest BCUT2D eigenvalue weighted by Gasteiger charge is 2.36. The lowest BCUT2D eigenvalue weighted by Gasteiger charge is -2.26. The molecular weight excluding hydrogens is 460 g/mol. The van der Waals surface area contributed by atoms with E-state index in [1.807, 2.05) is 0 Å². The molecule has 11 heteroatoms. The molecule has 11 nitrogen and oxygen atoms in total. The number of ether oxygens (including phenoxy) is 2. The minimum absolute atomic E-state index is 0.0979. The zero-order valence-electron chi connectivity index (χ0n) is 21.0. The van der Waals surface area contributed by atoms with Crippen LogP contribution in [-0.4, -0.2) is 74.2 Å². The molecule has 1 aromatic carbocycles. The monoisotopic (exact) mass is 496 g/mol. The lowest BCUT2D eigenvalue weighted by Crippen LogP contribution is -2.44.